The number of aliphatic imine (C=N–C) groups is 1. The predicted octanol–water partition coefficient (Wildman–Crippen LogP) is 3.29. The predicted molar refractivity (Wildman–Crippen MR) is 136 cm³/mol. The second-order valence-corrected chi connectivity index (χ2v) is 8.32. The molecule has 0 saturated carbocycles. The fraction of sp³-hybridized carbons (Fsp3) is 0.385. The molecule has 1 amide bonds. The molecule has 1 aliphatic heterocycles. The van der Waals surface area contributed by atoms with Crippen LogP contribution in [0, 0.1) is 6.92 Å². The summed E-state index contributed by atoms with van der Waals surface area (Å²) in [5.74, 6) is 0.630. The Labute approximate surface area is 196 Å². The number of carbonyl (C=O) groups is 1. The highest BCUT2D eigenvalue weighted by Gasteiger charge is 2.26. The summed E-state index contributed by atoms with van der Waals surface area (Å²) >= 11 is 0. The van der Waals surface area contributed by atoms with E-state index in [9.17, 15) is 4.79 Å². The maximum Gasteiger partial charge on any atom is 0.252 e. The zero-order valence-electron chi connectivity index (χ0n) is 20.2. The van der Waals surface area contributed by atoms with Crippen LogP contribution in [0.5, 0.6) is 5.75 Å². The number of allylic oxidation sites excluding steroid dienone is 1. The van der Waals surface area contributed by atoms with Gasteiger partial charge in [0.05, 0.1) is 12.6 Å². The van der Waals surface area contributed by atoms with Gasteiger partial charge in [0.15, 0.2) is 0 Å². The summed E-state index contributed by atoms with van der Waals surface area (Å²) in [5, 5.41) is 6.43. The van der Waals surface area contributed by atoms with Crippen LogP contribution in [0.4, 0.5) is 5.69 Å². The molecule has 1 fully saturated rings. The SMILES string of the molecule is CCOc1cc(/C(C=NC)=C/N)cc(C(C)NC(=O)c2cc(N3CC(NC)C3)ccc2C)c1. The third-order valence-corrected chi connectivity index (χ3v) is 5.99. The Bertz CT molecular complexity index is 1040. The first-order valence-electron chi connectivity index (χ1n) is 11.4. The zero-order valence-corrected chi connectivity index (χ0v) is 20.2. The minimum Gasteiger partial charge on any atom is -0.494 e. The molecular weight excluding hydrogens is 414 g/mol. The average molecular weight is 450 g/mol. The van der Waals surface area contributed by atoms with Crippen molar-refractivity contribution in [3.05, 3.63) is 64.9 Å². The minimum atomic E-state index is -0.227. The van der Waals surface area contributed by atoms with Gasteiger partial charge in [-0.2, -0.15) is 0 Å². The summed E-state index contributed by atoms with van der Waals surface area (Å²) in [6, 6.07) is 12.2. The Morgan fingerprint density at radius 3 is 2.70 bits per heavy atom. The summed E-state index contributed by atoms with van der Waals surface area (Å²) in [5.41, 5.74) is 11.1. The van der Waals surface area contributed by atoms with Crippen molar-refractivity contribution in [2.24, 2.45) is 10.7 Å². The van der Waals surface area contributed by atoms with E-state index < -0.39 is 0 Å². The number of anilines is 1. The maximum atomic E-state index is 13.2. The van der Waals surface area contributed by atoms with Crippen LogP contribution in [-0.4, -0.2) is 52.0 Å². The Morgan fingerprint density at radius 2 is 2.06 bits per heavy atom. The van der Waals surface area contributed by atoms with Crippen LogP contribution in [-0.2, 0) is 0 Å². The van der Waals surface area contributed by atoms with Gasteiger partial charge in [0, 0.05) is 55.4 Å². The Kier molecular flexibility index (Phi) is 8.11. The van der Waals surface area contributed by atoms with E-state index in [1.807, 2.05) is 58.2 Å². The molecule has 176 valence electrons. The normalized spacial score (nSPS) is 15.4. The summed E-state index contributed by atoms with van der Waals surface area (Å²) in [7, 11) is 3.68. The van der Waals surface area contributed by atoms with Crippen LogP contribution in [0.15, 0.2) is 47.6 Å². The van der Waals surface area contributed by atoms with Gasteiger partial charge in [-0.1, -0.05) is 6.07 Å². The van der Waals surface area contributed by atoms with E-state index in [4.69, 9.17) is 10.5 Å². The summed E-state index contributed by atoms with van der Waals surface area (Å²) in [6.45, 7) is 8.32. The Hall–Kier alpha value is -3.32. The Balaban J connectivity index is 1.82. The highest BCUT2D eigenvalue weighted by atomic mass is 16.5. The number of carbonyl (C=O) groups excluding carboxylic acids is 1. The van der Waals surface area contributed by atoms with Gasteiger partial charge in [-0.25, -0.2) is 0 Å². The number of rotatable bonds is 9. The van der Waals surface area contributed by atoms with E-state index in [0.717, 1.165) is 46.8 Å². The summed E-state index contributed by atoms with van der Waals surface area (Å²) < 4.78 is 5.76. The van der Waals surface area contributed by atoms with Gasteiger partial charge >= 0.3 is 0 Å². The van der Waals surface area contributed by atoms with E-state index >= 15 is 0 Å². The molecule has 4 N–H and O–H groups in total. The molecule has 0 spiro atoms. The topological polar surface area (TPSA) is 92.0 Å². The number of hydrogen-bond acceptors (Lipinski definition) is 6. The molecule has 1 unspecified atom stereocenters. The molecule has 1 heterocycles. The van der Waals surface area contributed by atoms with E-state index in [1.165, 1.54) is 6.20 Å². The van der Waals surface area contributed by atoms with Crippen molar-refractivity contribution < 1.29 is 9.53 Å². The van der Waals surface area contributed by atoms with E-state index in [2.05, 4.69) is 26.6 Å². The van der Waals surface area contributed by atoms with Crippen LogP contribution >= 0.6 is 0 Å². The molecule has 2 aromatic rings. The number of ether oxygens (including phenoxy) is 1. The molecule has 7 nitrogen and oxygen atoms in total. The molecule has 3 rings (SSSR count). The molecule has 33 heavy (non-hydrogen) atoms. The molecule has 0 aliphatic carbocycles. The first-order valence-corrected chi connectivity index (χ1v) is 11.4. The zero-order chi connectivity index (χ0) is 24.0. The number of nitrogens with zero attached hydrogens (tertiary/aromatic N) is 2. The summed E-state index contributed by atoms with van der Waals surface area (Å²) in [4.78, 5) is 19.6. The van der Waals surface area contributed by atoms with E-state index in [0.29, 0.717) is 18.2 Å². The van der Waals surface area contributed by atoms with Crippen molar-refractivity contribution in [3.63, 3.8) is 0 Å². The lowest BCUT2D eigenvalue weighted by atomic mass is 9.99. The van der Waals surface area contributed by atoms with Crippen molar-refractivity contribution in [2.75, 3.05) is 38.7 Å². The van der Waals surface area contributed by atoms with Crippen molar-refractivity contribution >= 4 is 23.4 Å². The van der Waals surface area contributed by atoms with E-state index in [-0.39, 0.29) is 11.9 Å². The number of nitrogens with two attached hydrogens (primary N) is 1. The van der Waals surface area contributed by atoms with Crippen LogP contribution in [0.25, 0.3) is 5.57 Å². The van der Waals surface area contributed by atoms with Crippen molar-refractivity contribution in [1.82, 2.24) is 10.6 Å². The average Bonchev–Trinajstić information content (AvgIpc) is 2.77. The van der Waals surface area contributed by atoms with Gasteiger partial charge < -0.3 is 26.0 Å². The molecule has 7 heteroatoms. The van der Waals surface area contributed by atoms with Crippen molar-refractivity contribution in [1.29, 1.82) is 0 Å². The van der Waals surface area contributed by atoms with Gasteiger partial charge in [-0.3, -0.25) is 9.79 Å². The van der Waals surface area contributed by atoms with Crippen LogP contribution in [0.3, 0.4) is 0 Å². The van der Waals surface area contributed by atoms with Crippen molar-refractivity contribution in [2.45, 2.75) is 32.9 Å². The molecule has 1 saturated heterocycles. The first kappa shape index (κ1) is 24.3. The highest BCUT2D eigenvalue weighted by molar-refractivity contribution is 6.09. The third kappa shape index (κ3) is 5.73. The van der Waals surface area contributed by atoms with Gasteiger partial charge in [0.2, 0.25) is 0 Å². The molecule has 0 radical (unpaired) electrons. The smallest absolute Gasteiger partial charge is 0.252 e. The van der Waals surface area contributed by atoms with Gasteiger partial charge in [0.1, 0.15) is 5.75 Å². The fourth-order valence-electron chi connectivity index (χ4n) is 3.92. The number of amides is 1. The largest absolute Gasteiger partial charge is 0.494 e. The highest BCUT2D eigenvalue weighted by Crippen LogP contribution is 2.27. The monoisotopic (exact) mass is 449 g/mol. The standard InChI is InChI=1S/C26H35N5O2/c1-6-33-24-10-19(9-20(11-24)21(13-27)14-28-4)18(3)30-26(32)25-12-23(8-7-17(25)2)31-15-22(16-31)29-5/h7-14,18,22,29H,6,15-16,27H2,1-5H3,(H,30,32)/b21-13+,28-14?. The van der Waals surface area contributed by atoms with E-state index in [1.54, 1.807) is 13.3 Å². The van der Waals surface area contributed by atoms with Crippen LogP contribution in [0.1, 0.15) is 46.9 Å². The summed E-state index contributed by atoms with van der Waals surface area (Å²) in [6.07, 6.45) is 3.23. The minimum absolute atomic E-state index is 0.0967. The molecule has 1 aliphatic rings. The number of benzene rings is 2. The maximum absolute atomic E-state index is 13.2. The lowest BCUT2D eigenvalue weighted by Gasteiger charge is -2.41. The van der Waals surface area contributed by atoms with Gasteiger partial charge in [-0.15, -0.1) is 0 Å². The molecule has 2 aromatic carbocycles. The second kappa shape index (κ2) is 11.0. The molecule has 0 bridgehead atoms. The second-order valence-electron chi connectivity index (χ2n) is 8.32. The van der Waals surface area contributed by atoms with Crippen LogP contribution in [0.2, 0.25) is 0 Å². The first-order chi connectivity index (χ1) is 15.9. The quantitative estimate of drug-likeness (QED) is 0.511. The fourth-order valence-corrected chi connectivity index (χ4v) is 3.92. The number of nitrogens with one attached hydrogen (secondary N) is 2. The van der Waals surface area contributed by atoms with Crippen LogP contribution < -0.4 is 26.0 Å². The third-order valence-electron chi connectivity index (χ3n) is 5.99. The Morgan fingerprint density at radius 1 is 1.30 bits per heavy atom. The molecular formula is C26H35N5O2. The number of hydrogen-bond donors (Lipinski definition) is 3. The molecule has 0 aromatic heterocycles. The number of likely N-dealkylation sites (N-methyl/N-ethyl adjacent to an activating group) is 1. The van der Waals surface area contributed by atoms with Crippen molar-refractivity contribution in [3.8, 4) is 5.75 Å². The van der Waals surface area contributed by atoms with Gasteiger partial charge in [0.25, 0.3) is 5.91 Å². The lowest BCUT2D eigenvalue weighted by Crippen LogP contribution is -2.57. The number of aryl methyl sites for hydroxylation is 1. The van der Waals surface area contributed by atoms with Gasteiger partial charge in [-0.05, 0) is 74.8 Å². The lowest BCUT2D eigenvalue weighted by molar-refractivity contribution is 0.0939. The molecule has 1 atom stereocenters.